The van der Waals surface area contributed by atoms with E-state index >= 15 is 0 Å². The summed E-state index contributed by atoms with van der Waals surface area (Å²) in [5.74, 6) is 0.0254. The highest BCUT2D eigenvalue weighted by Gasteiger charge is 2.45. The Morgan fingerprint density at radius 2 is 1.87 bits per heavy atom. The molecule has 2 bridgehead atoms. The number of fused-ring (bicyclic) bond motifs is 2. The van der Waals surface area contributed by atoms with Gasteiger partial charge in [0.1, 0.15) is 5.83 Å². The summed E-state index contributed by atoms with van der Waals surface area (Å²) >= 11 is 0. The van der Waals surface area contributed by atoms with E-state index in [2.05, 4.69) is 29.7 Å². The number of hydrogen-bond donors (Lipinski definition) is 2. The Balaban J connectivity index is 1.39. The van der Waals surface area contributed by atoms with Crippen LogP contribution < -0.4 is 10.6 Å². The summed E-state index contributed by atoms with van der Waals surface area (Å²) in [6, 6.07) is 0.107. The molecule has 31 heavy (non-hydrogen) atoms. The maximum atomic E-state index is 13.5. The smallest absolute Gasteiger partial charge is 0.247 e. The molecule has 0 aromatic heterocycles. The van der Waals surface area contributed by atoms with Gasteiger partial charge in [0.15, 0.2) is 0 Å². The minimum absolute atomic E-state index is 0.0963. The summed E-state index contributed by atoms with van der Waals surface area (Å²) in [5.41, 5.74) is 2.57. The van der Waals surface area contributed by atoms with Gasteiger partial charge in [-0.25, -0.2) is 4.39 Å². The molecule has 3 unspecified atom stereocenters. The number of rotatable bonds is 5. The summed E-state index contributed by atoms with van der Waals surface area (Å²) in [5, 5.41) is 6.63. The Hall–Kier alpha value is -2.17. The highest BCUT2D eigenvalue weighted by molar-refractivity contribution is 5.95. The van der Waals surface area contributed by atoms with Crippen LogP contribution >= 0.6 is 0 Å². The molecule has 4 nitrogen and oxygen atoms in total. The van der Waals surface area contributed by atoms with Gasteiger partial charge in [0.2, 0.25) is 11.8 Å². The van der Waals surface area contributed by atoms with Crippen molar-refractivity contribution in [2.75, 3.05) is 0 Å². The Kier molecular flexibility index (Phi) is 6.78. The van der Waals surface area contributed by atoms with E-state index in [4.69, 9.17) is 0 Å². The van der Waals surface area contributed by atoms with Crippen molar-refractivity contribution < 1.29 is 14.0 Å². The van der Waals surface area contributed by atoms with E-state index in [0.717, 1.165) is 69.8 Å². The SMILES string of the molecule is CCC1=CCCCC(C(=O)NC23CCCC(NC(=O)C4=CC(F)=CCC4)C(CC2)C3)=C1. The summed E-state index contributed by atoms with van der Waals surface area (Å²) in [4.78, 5) is 25.8. The second kappa shape index (κ2) is 9.54. The average Bonchev–Trinajstić information content (AvgIpc) is 2.92. The van der Waals surface area contributed by atoms with Crippen LogP contribution in [0.2, 0.25) is 0 Å². The van der Waals surface area contributed by atoms with Gasteiger partial charge in [-0.1, -0.05) is 24.6 Å². The standard InChI is InChI=1S/C26H35FN2O2/c1-2-18-7-3-4-8-19(15-18)25(31)29-26-13-6-11-23(21(17-26)12-14-26)28-24(30)20-9-5-10-22(27)16-20/h7,10,15-16,21,23H,2-6,8-9,11-14,17H2,1H3,(H,28,30)(H,29,31). The van der Waals surface area contributed by atoms with Crippen molar-refractivity contribution in [3.8, 4) is 0 Å². The van der Waals surface area contributed by atoms with E-state index in [0.29, 0.717) is 24.3 Å². The lowest BCUT2D eigenvalue weighted by Gasteiger charge is -2.30. The maximum Gasteiger partial charge on any atom is 0.247 e. The van der Waals surface area contributed by atoms with Crippen LogP contribution in [-0.2, 0) is 9.59 Å². The largest absolute Gasteiger partial charge is 0.349 e. The fourth-order valence-corrected chi connectivity index (χ4v) is 5.79. The Labute approximate surface area is 185 Å². The number of amides is 2. The van der Waals surface area contributed by atoms with Crippen LogP contribution in [0, 0.1) is 5.92 Å². The third kappa shape index (κ3) is 5.19. The first-order chi connectivity index (χ1) is 15.0. The van der Waals surface area contributed by atoms with Crippen molar-refractivity contribution in [3.63, 3.8) is 0 Å². The molecule has 0 saturated heterocycles. The summed E-state index contributed by atoms with van der Waals surface area (Å²) < 4.78 is 13.5. The van der Waals surface area contributed by atoms with Gasteiger partial charge in [0, 0.05) is 22.7 Å². The minimum atomic E-state index is -0.311. The molecule has 5 heteroatoms. The molecular weight excluding hydrogens is 391 g/mol. The second-order valence-electron chi connectivity index (χ2n) is 9.70. The molecule has 2 amide bonds. The number of carbonyl (C=O) groups excluding carboxylic acids is 2. The molecule has 4 aliphatic carbocycles. The number of halogens is 1. The Bertz CT molecular complexity index is 853. The monoisotopic (exact) mass is 426 g/mol. The quantitative estimate of drug-likeness (QED) is 0.624. The fourth-order valence-electron chi connectivity index (χ4n) is 5.79. The van der Waals surface area contributed by atoms with Crippen LogP contribution in [0.3, 0.4) is 0 Å². The Morgan fingerprint density at radius 3 is 2.68 bits per heavy atom. The van der Waals surface area contributed by atoms with E-state index < -0.39 is 0 Å². The van der Waals surface area contributed by atoms with Gasteiger partial charge in [-0.05, 0) is 95.1 Å². The minimum Gasteiger partial charge on any atom is -0.349 e. The number of allylic oxidation sites excluding steroid dienone is 6. The maximum absolute atomic E-state index is 13.5. The third-order valence-corrected chi connectivity index (χ3v) is 7.55. The number of carbonyl (C=O) groups is 2. The summed E-state index contributed by atoms with van der Waals surface area (Å²) in [6.45, 7) is 2.14. The molecule has 0 aromatic carbocycles. The average molecular weight is 427 g/mol. The molecule has 3 atom stereocenters. The van der Waals surface area contributed by atoms with Gasteiger partial charge in [-0.15, -0.1) is 0 Å². The third-order valence-electron chi connectivity index (χ3n) is 7.55. The van der Waals surface area contributed by atoms with Gasteiger partial charge in [0.25, 0.3) is 0 Å². The zero-order valence-electron chi connectivity index (χ0n) is 18.6. The van der Waals surface area contributed by atoms with Crippen molar-refractivity contribution in [1.29, 1.82) is 0 Å². The normalized spacial score (nSPS) is 30.8. The summed E-state index contributed by atoms with van der Waals surface area (Å²) in [6.07, 6.45) is 18.1. The van der Waals surface area contributed by atoms with Crippen LogP contribution in [-0.4, -0.2) is 23.4 Å². The van der Waals surface area contributed by atoms with E-state index in [-0.39, 0.29) is 29.2 Å². The van der Waals surface area contributed by atoms with Crippen molar-refractivity contribution in [1.82, 2.24) is 10.6 Å². The fraction of sp³-hybridized carbons (Fsp3) is 0.615. The first-order valence-electron chi connectivity index (χ1n) is 12.1. The number of nitrogens with one attached hydrogen (secondary N) is 2. The van der Waals surface area contributed by atoms with Crippen molar-refractivity contribution >= 4 is 11.8 Å². The molecule has 0 aliphatic heterocycles. The van der Waals surface area contributed by atoms with Gasteiger partial charge >= 0.3 is 0 Å². The van der Waals surface area contributed by atoms with Crippen molar-refractivity contribution in [3.05, 3.63) is 46.9 Å². The summed E-state index contributed by atoms with van der Waals surface area (Å²) in [7, 11) is 0. The molecule has 4 rings (SSSR count). The molecule has 2 N–H and O–H groups in total. The van der Waals surface area contributed by atoms with E-state index in [1.807, 2.05) is 0 Å². The molecule has 168 valence electrons. The molecule has 2 saturated carbocycles. The van der Waals surface area contributed by atoms with Crippen molar-refractivity contribution in [2.24, 2.45) is 5.92 Å². The van der Waals surface area contributed by atoms with Crippen LogP contribution in [0.5, 0.6) is 0 Å². The predicted octanol–water partition coefficient (Wildman–Crippen LogP) is 5.33. The van der Waals surface area contributed by atoms with Crippen molar-refractivity contribution in [2.45, 2.75) is 95.6 Å². The lowest BCUT2D eigenvalue weighted by molar-refractivity contribution is -0.120. The van der Waals surface area contributed by atoms with E-state index in [9.17, 15) is 14.0 Å². The molecule has 4 aliphatic rings. The van der Waals surface area contributed by atoms with Gasteiger partial charge in [-0.3, -0.25) is 9.59 Å². The highest BCUT2D eigenvalue weighted by Crippen LogP contribution is 2.44. The first-order valence-corrected chi connectivity index (χ1v) is 12.1. The van der Waals surface area contributed by atoms with Crippen LogP contribution in [0.25, 0.3) is 0 Å². The van der Waals surface area contributed by atoms with Gasteiger partial charge < -0.3 is 10.6 Å². The molecule has 0 aromatic rings. The Morgan fingerprint density at radius 1 is 1.03 bits per heavy atom. The van der Waals surface area contributed by atoms with E-state index in [1.54, 1.807) is 0 Å². The van der Waals surface area contributed by atoms with Gasteiger partial charge in [-0.2, -0.15) is 0 Å². The van der Waals surface area contributed by atoms with Gasteiger partial charge in [0.05, 0.1) is 0 Å². The highest BCUT2D eigenvalue weighted by atomic mass is 19.1. The number of hydrogen-bond acceptors (Lipinski definition) is 2. The van der Waals surface area contributed by atoms with Crippen LogP contribution in [0.15, 0.2) is 46.9 Å². The molecular formula is C26H35FN2O2. The lowest BCUT2D eigenvalue weighted by Crippen LogP contribution is -2.47. The zero-order valence-corrected chi connectivity index (χ0v) is 18.6. The molecule has 0 radical (unpaired) electrons. The zero-order chi connectivity index (χ0) is 21.8. The second-order valence-corrected chi connectivity index (χ2v) is 9.70. The molecule has 0 heterocycles. The predicted molar refractivity (Wildman–Crippen MR) is 121 cm³/mol. The molecule has 2 fully saturated rings. The van der Waals surface area contributed by atoms with Crippen LogP contribution in [0.4, 0.5) is 4.39 Å². The topological polar surface area (TPSA) is 58.2 Å². The first kappa shape index (κ1) is 22.0. The lowest BCUT2D eigenvalue weighted by atomic mass is 9.91. The van der Waals surface area contributed by atoms with E-state index in [1.165, 1.54) is 17.7 Å². The van der Waals surface area contributed by atoms with Crippen LogP contribution in [0.1, 0.15) is 84.0 Å². The molecule has 0 spiro atoms.